The predicted molar refractivity (Wildman–Crippen MR) is 99.4 cm³/mol. The van der Waals surface area contributed by atoms with Gasteiger partial charge in [0, 0.05) is 23.7 Å². The second-order valence-corrected chi connectivity index (χ2v) is 6.31. The fourth-order valence-corrected chi connectivity index (χ4v) is 3.18. The van der Waals surface area contributed by atoms with E-state index in [-0.39, 0.29) is 23.9 Å². The molecule has 4 rings (SSSR count). The van der Waals surface area contributed by atoms with Crippen LogP contribution in [-0.2, 0) is 4.74 Å². The van der Waals surface area contributed by atoms with Crippen LogP contribution in [0.15, 0.2) is 52.2 Å². The van der Waals surface area contributed by atoms with Gasteiger partial charge in [0.1, 0.15) is 11.9 Å². The van der Waals surface area contributed by atoms with Gasteiger partial charge < -0.3 is 4.74 Å². The first-order valence-corrected chi connectivity index (χ1v) is 8.53. The first kappa shape index (κ1) is 11.7. The molecule has 8 nitrogen and oxygen atoms in total. The Hall–Kier alpha value is -3.00. The summed E-state index contributed by atoms with van der Waals surface area (Å²) < 4.78 is 56.9. The van der Waals surface area contributed by atoms with Crippen molar-refractivity contribution in [2.45, 2.75) is 45.1 Å². The largest absolute Gasteiger partial charge is 0.352 e. The van der Waals surface area contributed by atoms with Crippen LogP contribution >= 0.6 is 0 Å². The smallest absolute Gasteiger partial charge is 0.330 e. The molecule has 1 aromatic carbocycles. The highest BCUT2D eigenvalue weighted by Gasteiger charge is 2.37. The first-order chi connectivity index (χ1) is 15.6. The van der Waals surface area contributed by atoms with Gasteiger partial charge in [-0.25, -0.2) is 9.48 Å². The zero-order valence-electron chi connectivity index (χ0n) is 20.7. The van der Waals surface area contributed by atoms with Crippen LogP contribution < -0.4 is 11.2 Å². The van der Waals surface area contributed by atoms with E-state index in [2.05, 4.69) is 15.3 Å². The summed E-state index contributed by atoms with van der Waals surface area (Å²) in [6.07, 6.45) is 0.817. The molecular weight excluding hydrogens is 346 g/mol. The molecule has 0 saturated carbocycles. The van der Waals surface area contributed by atoms with Gasteiger partial charge in [-0.3, -0.25) is 14.3 Å². The molecule has 0 radical (unpaired) electrons. The van der Waals surface area contributed by atoms with Gasteiger partial charge in [0.15, 0.2) is 0 Å². The zero-order valence-corrected chi connectivity index (χ0v) is 14.7. The van der Waals surface area contributed by atoms with Gasteiger partial charge in [-0.2, -0.15) is 0 Å². The minimum atomic E-state index is -0.712. The number of aromatic amines is 1. The van der Waals surface area contributed by atoms with E-state index in [1.807, 2.05) is 6.92 Å². The Morgan fingerprint density at radius 2 is 2.11 bits per heavy atom. The van der Waals surface area contributed by atoms with Crippen LogP contribution in [0.5, 0.6) is 0 Å². The molecule has 27 heavy (non-hydrogen) atoms. The average Bonchev–Trinajstić information content (AvgIpc) is 3.37. The van der Waals surface area contributed by atoms with E-state index in [9.17, 15) is 9.59 Å². The van der Waals surface area contributed by atoms with E-state index in [4.69, 9.17) is 13.0 Å². The van der Waals surface area contributed by atoms with Crippen LogP contribution in [0.3, 0.4) is 0 Å². The van der Waals surface area contributed by atoms with E-state index in [1.165, 1.54) is 15.4 Å². The normalized spacial score (nSPS) is 25.3. The van der Waals surface area contributed by atoms with E-state index >= 15 is 0 Å². The Morgan fingerprint density at radius 1 is 1.33 bits per heavy atom. The van der Waals surface area contributed by atoms with Crippen molar-refractivity contribution in [2.75, 3.05) is 0 Å². The maximum Gasteiger partial charge on any atom is 0.330 e. The number of benzene rings is 1. The number of rotatable bonds is 4. The molecule has 0 spiro atoms. The highest BCUT2D eigenvalue weighted by molar-refractivity contribution is 5.57. The van der Waals surface area contributed by atoms with Gasteiger partial charge in [-0.05, 0) is 13.3 Å². The minimum Gasteiger partial charge on any atom is -0.352 e. The molecule has 1 aliphatic rings. The zero-order chi connectivity index (χ0) is 24.2. The Bertz CT molecular complexity index is 1340. The van der Waals surface area contributed by atoms with Crippen LogP contribution in [-0.4, -0.2) is 30.6 Å². The Kier molecular flexibility index (Phi) is 3.00. The molecule has 0 amide bonds. The summed E-state index contributed by atoms with van der Waals surface area (Å²) in [7, 11) is 0. The molecule has 3 atom stereocenters. The SMILES string of the molecule is [2H]c1c([2H])c([2H])c(-c2nnn(C3C[C@H](n4cc(C)c(=O)[nH]c4=O)O[C@@H]3CC)c2[2H])c([2H])c1[2H]. The molecule has 1 N–H and O–H groups in total. The number of aryl methyl sites for hydroxylation is 1. The number of aromatic nitrogens is 5. The lowest BCUT2D eigenvalue weighted by Gasteiger charge is -2.16. The number of H-pyrrole nitrogens is 1. The molecule has 1 fully saturated rings. The van der Waals surface area contributed by atoms with Crippen molar-refractivity contribution >= 4 is 0 Å². The van der Waals surface area contributed by atoms with Crippen LogP contribution in [0.2, 0.25) is 0 Å². The summed E-state index contributed by atoms with van der Waals surface area (Å²) in [5.74, 6) is 0. The van der Waals surface area contributed by atoms with Crippen molar-refractivity contribution in [1.29, 1.82) is 0 Å². The third kappa shape index (κ3) is 3.23. The standard InChI is InChI=1S/C19H21N5O3/c1-3-16-15(24-11-14(21-22-24)13-7-5-4-6-8-13)9-17(27-16)23-10-12(2)18(25)20-19(23)26/h4-8,10-11,15-17H,3,9H2,1-2H3,(H,20,25,26)/t15?,16-,17-/m1/s1/i4D,5D,6D,7D,8D,11D. The highest BCUT2D eigenvalue weighted by atomic mass is 16.5. The third-order valence-corrected chi connectivity index (χ3v) is 4.58. The molecule has 3 heterocycles. The maximum absolute atomic E-state index is 12.3. The van der Waals surface area contributed by atoms with Gasteiger partial charge in [0.25, 0.3) is 5.56 Å². The molecule has 0 bridgehead atoms. The molecule has 1 unspecified atom stereocenters. The van der Waals surface area contributed by atoms with Gasteiger partial charge in [-0.15, -0.1) is 5.10 Å². The summed E-state index contributed by atoms with van der Waals surface area (Å²) in [5.41, 5.74) is -1.09. The molecule has 140 valence electrons. The Labute approximate surface area is 163 Å². The van der Waals surface area contributed by atoms with E-state index in [0.717, 1.165) is 0 Å². The second-order valence-electron chi connectivity index (χ2n) is 6.31. The van der Waals surface area contributed by atoms with Crippen LogP contribution in [0, 0.1) is 6.92 Å². The number of nitrogens with zero attached hydrogens (tertiary/aromatic N) is 4. The lowest BCUT2D eigenvalue weighted by Crippen LogP contribution is -2.33. The fraction of sp³-hybridized carbons (Fsp3) is 0.368. The number of ether oxygens (including phenoxy) is 1. The first-order valence-electron chi connectivity index (χ1n) is 11.5. The van der Waals surface area contributed by atoms with Crippen molar-refractivity contribution in [2.24, 2.45) is 0 Å². The molecule has 0 aliphatic carbocycles. The van der Waals surface area contributed by atoms with Gasteiger partial charge in [-0.1, -0.05) is 42.3 Å². The van der Waals surface area contributed by atoms with Crippen molar-refractivity contribution in [3.63, 3.8) is 0 Å². The quantitative estimate of drug-likeness (QED) is 0.755. The van der Waals surface area contributed by atoms with Crippen LogP contribution in [0.4, 0.5) is 0 Å². The number of hydrogen-bond acceptors (Lipinski definition) is 5. The molecule has 1 aliphatic heterocycles. The Balaban J connectivity index is 1.76. The molecular formula is C19H21N5O3. The van der Waals surface area contributed by atoms with E-state index < -0.39 is 59.8 Å². The summed E-state index contributed by atoms with van der Waals surface area (Å²) in [6, 6.07) is -3.02. The van der Waals surface area contributed by atoms with E-state index in [0.29, 0.717) is 12.0 Å². The molecule has 8 heteroatoms. The van der Waals surface area contributed by atoms with Crippen molar-refractivity contribution in [3.8, 4) is 11.3 Å². The Morgan fingerprint density at radius 3 is 2.85 bits per heavy atom. The summed E-state index contributed by atoms with van der Waals surface area (Å²) in [4.78, 5) is 26.2. The minimum absolute atomic E-state index is 0.137. The lowest BCUT2D eigenvalue weighted by atomic mass is 10.1. The van der Waals surface area contributed by atoms with Crippen LogP contribution in [0.25, 0.3) is 11.3 Å². The highest BCUT2D eigenvalue weighted by Crippen LogP contribution is 2.37. The fourth-order valence-electron chi connectivity index (χ4n) is 3.18. The van der Waals surface area contributed by atoms with Gasteiger partial charge >= 0.3 is 5.69 Å². The average molecular weight is 373 g/mol. The predicted octanol–water partition coefficient (Wildman–Crippen LogP) is 2.04. The number of hydrogen-bond donors (Lipinski definition) is 1. The maximum atomic E-state index is 12.3. The third-order valence-electron chi connectivity index (χ3n) is 4.58. The monoisotopic (exact) mass is 373 g/mol. The van der Waals surface area contributed by atoms with Crippen molar-refractivity contribution in [3.05, 3.63) is 69.0 Å². The van der Waals surface area contributed by atoms with Crippen molar-refractivity contribution < 1.29 is 13.0 Å². The second kappa shape index (κ2) is 6.96. The number of nitrogens with one attached hydrogen (secondary N) is 1. The van der Waals surface area contributed by atoms with E-state index in [1.54, 1.807) is 6.92 Å². The summed E-state index contributed by atoms with van der Waals surface area (Å²) in [6.45, 7) is 3.45. The summed E-state index contributed by atoms with van der Waals surface area (Å²) >= 11 is 0. The summed E-state index contributed by atoms with van der Waals surface area (Å²) in [5, 5.41) is 8.00. The van der Waals surface area contributed by atoms with Gasteiger partial charge in [0.2, 0.25) is 0 Å². The van der Waals surface area contributed by atoms with Gasteiger partial charge in [0.05, 0.1) is 26.5 Å². The van der Waals surface area contributed by atoms with Crippen molar-refractivity contribution in [1.82, 2.24) is 24.5 Å². The molecule has 1 saturated heterocycles. The van der Waals surface area contributed by atoms with Crippen LogP contribution in [0.1, 0.15) is 45.8 Å². The lowest BCUT2D eigenvalue weighted by molar-refractivity contribution is -0.00862. The molecule has 2 aromatic heterocycles. The topological polar surface area (TPSA) is 94.8 Å². The molecule has 3 aromatic rings.